The van der Waals surface area contributed by atoms with Gasteiger partial charge < -0.3 is 14.3 Å². The number of anilines is 1. The third-order valence-electron chi connectivity index (χ3n) is 5.62. The van der Waals surface area contributed by atoms with Crippen LogP contribution in [-0.4, -0.2) is 39.3 Å². The summed E-state index contributed by atoms with van der Waals surface area (Å²) in [5.41, 5.74) is 2.92. The number of rotatable bonds is 6. The van der Waals surface area contributed by atoms with E-state index in [1.165, 1.54) is 4.90 Å². The second kappa shape index (κ2) is 7.79. The lowest BCUT2D eigenvalue weighted by Crippen LogP contribution is -2.44. The van der Waals surface area contributed by atoms with Gasteiger partial charge in [-0.25, -0.2) is 4.68 Å². The van der Waals surface area contributed by atoms with E-state index in [-0.39, 0.29) is 18.4 Å². The molecule has 158 valence electrons. The van der Waals surface area contributed by atoms with Crippen LogP contribution < -0.4 is 10.2 Å². The summed E-state index contributed by atoms with van der Waals surface area (Å²) in [5.74, 6) is 1.19. The summed E-state index contributed by atoms with van der Waals surface area (Å²) in [6, 6.07) is 13.7. The van der Waals surface area contributed by atoms with Gasteiger partial charge in [0, 0.05) is 55.2 Å². The van der Waals surface area contributed by atoms with Gasteiger partial charge in [-0.1, -0.05) is 18.2 Å². The molecule has 8 heteroatoms. The summed E-state index contributed by atoms with van der Waals surface area (Å²) in [6.07, 6.45) is 4.59. The van der Waals surface area contributed by atoms with E-state index in [0.29, 0.717) is 31.7 Å². The van der Waals surface area contributed by atoms with Crippen LogP contribution >= 0.6 is 0 Å². The topological polar surface area (TPSA) is 85.3 Å². The minimum absolute atomic E-state index is 0.0301. The van der Waals surface area contributed by atoms with Gasteiger partial charge >= 0.3 is 0 Å². The lowest BCUT2D eigenvalue weighted by atomic mass is 10.1. The van der Waals surface area contributed by atoms with E-state index in [9.17, 15) is 9.59 Å². The highest BCUT2D eigenvalue weighted by atomic mass is 16.3. The van der Waals surface area contributed by atoms with Crippen LogP contribution in [0, 0.1) is 0 Å². The van der Waals surface area contributed by atoms with E-state index in [1.807, 2.05) is 48.3 Å². The van der Waals surface area contributed by atoms with Gasteiger partial charge in [0.2, 0.25) is 11.8 Å². The molecule has 0 bridgehead atoms. The minimum Gasteiger partial charge on any atom is -0.469 e. The molecule has 0 atom stereocenters. The highest BCUT2D eigenvalue weighted by molar-refractivity contribution is 6.00. The van der Waals surface area contributed by atoms with Crippen LogP contribution in [0.2, 0.25) is 0 Å². The number of carbonyl (C=O) groups is 2. The third-order valence-corrected chi connectivity index (χ3v) is 5.62. The van der Waals surface area contributed by atoms with Crippen molar-refractivity contribution in [2.75, 3.05) is 18.0 Å². The fraction of sp³-hybridized carbons (Fsp3) is 0.261. The van der Waals surface area contributed by atoms with Crippen LogP contribution in [0.5, 0.6) is 0 Å². The zero-order valence-electron chi connectivity index (χ0n) is 17.2. The van der Waals surface area contributed by atoms with Gasteiger partial charge in [0.25, 0.3) is 0 Å². The molecule has 31 heavy (non-hydrogen) atoms. The highest BCUT2D eigenvalue weighted by Gasteiger charge is 2.28. The van der Waals surface area contributed by atoms with Crippen molar-refractivity contribution in [1.29, 1.82) is 0 Å². The molecule has 0 saturated heterocycles. The summed E-state index contributed by atoms with van der Waals surface area (Å²) in [6.45, 7) is 0.933. The van der Waals surface area contributed by atoms with Crippen LogP contribution in [-0.2, 0) is 29.6 Å². The zero-order chi connectivity index (χ0) is 21.4. The summed E-state index contributed by atoms with van der Waals surface area (Å²) in [7, 11) is 2.00. The fourth-order valence-electron chi connectivity index (χ4n) is 4.08. The van der Waals surface area contributed by atoms with Crippen LogP contribution in [0.1, 0.15) is 12.2 Å². The smallest absolute Gasteiger partial charge is 0.240 e. The predicted molar refractivity (Wildman–Crippen MR) is 117 cm³/mol. The average molecular weight is 417 g/mol. The first-order chi connectivity index (χ1) is 15.1. The van der Waals surface area contributed by atoms with E-state index in [1.54, 1.807) is 6.26 Å². The van der Waals surface area contributed by atoms with Crippen molar-refractivity contribution in [3.05, 3.63) is 60.7 Å². The van der Waals surface area contributed by atoms with Gasteiger partial charge in [-0.15, -0.1) is 0 Å². The normalized spacial score (nSPS) is 13.6. The predicted octanol–water partition coefficient (Wildman–Crippen LogP) is 2.73. The lowest BCUT2D eigenvalue weighted by molar-refractivity contribution is -0.124. The van der Waals surface area contributed by atoms with Gasteiger partial charge in [-0.2, -0.15) is 5.10 Å². The number of nitrogens with zero attached hydrogens (tertiary/aromatic N) is 4. The monoisotopic (exact) mass is 417 g/mol. The molecule has 0 radical (unpaired) electrons. The minimum atomic E-state index is -0.207. The van der Waals surface area contributed by atoms with Crippen molar-refractivity contribution >= 4 is 28.5 Å². The number of nitrogens with one attached hydrogen (secondary N) is 1. The Morgan fingerprint density at radius 2 is 2.10 bits per heavy atom. The second-order valence-electron chi connectivity index (χ2n) is 7.69. The second-order valence-corrected chi connectivity index (χ2v) is 7.69. The molecule has 8 nitrogen and oxygen atoms in total. The molecule has 3 aromatic heterocycles. The quantitative estimate of drug-likeness (QED) is 0.523. The van der Waals surface area contributed by atoms with Crippen LogP contribution in [0.3, 0.4) is 0 Å². The number of carbonyl (C=O) groups excluding carboxylic acids is 2. The lowest BCUT2D eigenvalue weighted by Gasteiger charge is -2.26. The zero-order valence-corrected chi connectivity index (χ0v) is 17.2. The van der Waals surface area contributed by atoms with Crippen molar-refractivity contribution in [2.45, 2.75) is 19.4 Å². The van der Waals surface area contributed by atoms with E-state index < -0.39 is 0 Å². The molecular weight excluding hydrogens is 394 g/mol. The molecule has 0 saturated carbocycles. The van der Waals surface area contributed by atoms with Crippen LogP contribution in [0.15, 0.2) is 59.3 Å². The van der Waals surface area contributed by atoms with Gasteiger partial charge in [0.1, 0.15) is 18.1 Å². The van der Waals surface area contributed by atoms with Gasteiger partial charge in [0.05, 0.1) is 18.5 Å². The molecule has 5 rings (SSSR count). The molecular formula is C23H23N5O3. The molecule has 1 aliphatic rings. The number of hydrogen-bond donors (Lipinski definition) is 1. The molecule has 4 heterocycles. The van der Waals surface area contributed by atoms with Crippen molar-refractivity contribution in [3.8, 4) is 11.3 Å². The SMILES string of the molecule is Cn1cc(-c2cc3n(n2)CCC(=O)N3CC(=O)NCCc2ccco2)c2ccccc21. The standard InChI is InChI=1S/C23H23N5O3/c1-26-14-18(17-6-2-3-7-20(17)26)19-13-22-27(23(30)9-11-28(22)25-19)15-21(29)24-10-8-16-5-4-12-31-16/h2-7,12-14H,8-11,15H2,1H3,(H,24,29). The Kier molecular flexibility index (Phi) is 4.82. The molecule has 1 aromatic carbocycles. The number of amides is 2. The number of benzene rings is 1. The average Bonchev–Trinajstić information content (AvgIpc) is 3.50. The summed E-state index contributed by atoms with van der Waals surface area (Å²) in [4.78, 5) is 26.6. The number of furan rings is 1. The number of hydrogen-bond acceptors (Lipinski definition) is 4. The molecule has 2 amide bonds. The summed E-state index contributed by atoms with van der Waals surface area (Å²) >= 11 is 0. The number of aryl methyl sites for hydroxylation is 2. The van der Waals surface area contributed by atoms with Crippen LogP contribution in [0.4, 0.5) is 5.82 Å². The van der Waals surface area contributed by atoms with Gasteiger partial charge in [0.15, 0.2) is 0 Å². The molecule has 0 fully saturated rings. The number of para-hydroxylation sites is 1. The Balaban J connectivity index is 1.36. The highest BCUT2D eigenvalue weighted by Crippen LogP contribution is 2.33. The maximum atomic E-state index is 12.6. The van der Waals surface area contributed by atoms with Crippen LogP contribution in [0.25, 0.3) is 22.2 Å². The van der Waals surface area contributed by atoms with Gasteiger partial charge in [-0.05, 0) is 18.2 Å². The maximum Gasteiger partial charge on any atom is 0.240 e. The van der Waals surface area contributed by atoms with E-state index in [4.69, 9.17) is 9.52 Å². The Hall–Kier alpha value is -3.81. The number of aromatic nitrogens is 3. The fourth-order valence-corrected chi connectivity index (χ4v) is 4.08. The number of fused-ring (bicyclic) bond motifs is 2. The van der Waals surface area contributed by atoms with E-state index in [0.717, 1.165) is 27.9 Å². The summed E-state index contributed by atoms with van der Waals surface area (Å²) in [5, 5.41) is 8.70. The van der Waals surface area contributed by atoms with Crippen molar-refractivity contribution in [3.63, 3.8) is 0 Å². The maximum absolute atomic E-state index is 12.6. The van der Waals surface area contributed by atoms with Crippen molar-refractivity contribution in [1.82, 2.24) is 19.7 Å². The third kappa shape index (κ3) is 3.61. The largest absolute Gasteiger partial charge is 0.469 e. The first-order valence-electron chi connectivity index (χ1n) is 10.3. The summed E-state index contributed by atoms with van der Waals surface area (Å²) < 4.78 is 9.16. The Bertz CT molecular complexity index is 1250. The Labute approximate surface area is 179 Å². The molecule has 0 aliphatic carbocycles. The van der Waals surface area contributed by atoms with Crippen molar-refractivity contribution < 1.29 is 14.0 Å². The van der Waals surface area contributed by atoms with Gasteiger partial charge in [-0.3, -0.25) is 14.5 Å². The van der Waals surface area contributed by atoms with E-state index >= 15 is 0 Å². The Morgan fingerprint density at radius 1 is 1.23 bits per heavy atom. The molecule has 0 unspecified atom stereocenters. The molecule has 1 aliphatic heterocycles. The molecule has 1 N–H and O–H groups in total. The first kappa shape index (κ1) is 19.2. The van der Waals surface area contributed by atoms with Crippen molar-refractivity contribution in [2.24, 2.45) is 7.05 Å². The molecule has 0 spiro atoms. The Morgan fingerprint density at radius 3 is 2.94 bits per heavy atom. The van der Waals surface area contributed by atoms with E-state index in [2.05, 4.69) is 22.0 Å². The molecule has 4 aromatic rings. The first-order valence-corrected chi connectivity index (χ1v) is 10.3.